The van der Waals surface area contributed by atoms with Gasteiger partial charge in [0, 0.05) is 16.4 Å². The van der Waals surface area contributed by atoms with E-state index in [1.54, 1.807) is 18.2 Å². The molecule has 1 aromatic carbocycles. The molecule has 0 fully saturated rings. The van der Waals surface area contributed by atoms with E-state index in [0.29, 0.717) is 5.82 Å². The first kappa shape index (κ1) is 16.7. The lowest BCUT2D eigenvalue weighted by molar-refractivity contribution is 0.0957. The average Bonchev–Trinajstić information content (AvgIpc) is 2.64. The van der Waals surface area contributed by atoms with E-state index in [-0.39, 0.29) is 17.2 Å². The Morgan fingerprint density at radius 3 is 2.48 bits per heavy atom. The predicted molar refractivity (Wildman–Crippen MR) is 99.2 cm³/mol. The molecule has 0 radical (unpaired) electrons. The zero-order valence-corrected chi connectivity index (χ0v) is 14.5. The minimum absolute atomic E-state index is 0.270. The molecule has 1 amide bonds. The van der Waals surface area contributed by atoms with Crippen molar-refractivity contribution in [3.8, 4) is 0 Å². The number of nitrogen functional groups attached to an aromatic ring is 1. The SMILES string of the molecule is Nc1c(NNC(=O)c2ccccn2)ncnc1Nc1ccc(Br)cc1. The lowest BCUT2D eigenvalue weighted by Crippen LogP contribution is -2.31. The molecule has 0 aliphatic carbocycles. The Hall–Kier alpha value is -3.20. The van der Waals surface area contributed by atoms with Crippen LogP contribution in [0.3, 0.4) is 0 Å². The van der Waals surface area contributed by atoms with Crippen molar-refractivity contribution < 1.29 is 4.79 Å². The van der Waals surface area contributed by atoms with E-state index in [1.807, 2.05) is 24.3 Å². The highest BCUT2D eigenvalue weighted by atomic mass is 79.9. The Kier molecular flexibility index (Phi) is 5.05. The molecule has 3 rings (SSSR count). The average molecular weight is 400 g/mol. The highest BCUT2D eigenvalue weighted by Crippen LogP contribution is 2.25. The maximum absolute atomic E-state index is 12.0. The van der Waals surface area contributed by atoms with E-state index in [9.17, 15) is 4.79 Å². The highest BCUT2D eigenvalue weighted by Gasteiger charge is 2.11. The van der Waals surface area contributed by atoms with Crippen LogP contribution in [-0.2, 0) is 0 Å². The van der Waals surface area contributed by atoms with Crippen molar-refractivity contribution in [1.82, 2.24) is 20.4 Å². The Labute approximate surface area is 152 Å². The number of benzene rings is 1. The van der Waals surface area contributed by atoms with Crippen LogP contribution >= 0.6 is 15.9 Å². The molecule has 0 spiro atoms. The third kappa shape index (κ3) is 4.21. The maximum Gasteiger partial charge on any atom is 0.288 e. The van der Waals surface area contributed by atoms with Crippen molar-refractivity contribution in [3.63, 3.8) is 0 Å². The number of aromatic nitrogens is 3. The molecule has 0 saturated heterocycles. The van der Waals surface area contributed by atoms with Crippen LogP contribution < -0.4 is 21.9 Å². The third-order valence-corrected chi connectivity index (χ3v) is 3.71. The van der Waals surface area contributed by atoms with Crippen molar-refractivity contribution in [2.75, 3.05) is 16.5 Å². The number of nitrogens with zero attached hydrogens (tertiary/aromatic N) is 3. The van der Waals surface area contributed by atoms with E-state index in [2.05, 4.69) is 47.1 Å². The molecule has 3 aromatic rings. The van der Waals surface area contributed by atoms with Gasteiger partial charge in [-0.3, -0.25) is 20.6 Å². The molecular formula is C16H14BrN7O. The number of carbonyl (C=O) groups excluding carboxylic acids is 1. The van der Waals surface area contributed by atoms with Crippen molar-refractivity contribution in [2.45, 2.75) is 0 Å². The van der Waals surface area contributed by atoms with Gasteiger partial charge in [0.05, 0.1) is 0 Å². The number of nitrogens with one attached hydrogen (secondary N) is 3. The van der Waals surface area contributed by atoms with Crippen LogP contribution in [-0.4, -0.2) is 20.9 Å². The Balaban J connectivity index is 1.70. The number of amides is 1. The number of rotatable bonds is 5. The largest absolute Gasteiger partial charge is 0.393 e. The van der Waals surface area contributed by atoms with E-state index in [1.165, 1.54) is 12.5 Å². The fourth-order valence-electron chi connectivity index (χ4n) is 1.94. The van der Waals surface area contributed by atoms with Crippen molar-refractivity contribution in [1.29, 1.82) is 0 Å². The summed E-state index contributed by atoms with van der Waals surface area (Å²) in [6, 6.07) is 12.6. The van der Waals surface area contributed by atoms with Gasteiger partial charge in [0.25, 0.3) is 5.91 Å². The van der Waals surface area contributed by atoms with Gasteiger partial charge in [-0.25, -0.2) is 9.97 Å². The molecule has 5 N–H and O–H groups in total. The van der Waals surface area contributed by atoms with Crippen molar-refractivity contribution in [3.05, 3.63) is 65.2 Å². The van der Waals surface area contributed by atoms with Crippen molar-refractivity contribution >= 4 is 44.8 Å². The molecule has 9 heteroatoms. The highest BCUT2D eigenvalue weighted by molar-refractivity contribution is 9.10. The quantitative estimate of drug-likeness (QED) is 0.487. The smallest absolute Gasteiger partial charge is 0.288 e. The van der Waals surface area contributed by atoms with Gasteiger partial charge in [-0.15, -0.1) is 0 Å². The van der Waals surface area contributed by atoms with Crippen LogP contribution in [0.25, 0.3) is 0 Å². The van der Waals surface area contributed by atoms with Gasteiger partial charge in [-0.2, -0.15) is 0 Å². The number of pyridine rings is 1. The summed E-state index contributed by atoms with van der Waals surface area (Å²) in [5, 5.41) is 3.10. The molecule has 0 aliphatic heterocycles. The van der Waals surface area contributed by atoms with Gasteiger partial charge >= 0.3 is 0 Å². The molecule has 0 aliphatic rings. The summed E-state index contributed by atoms with van der Waals surface area (Å²) in [6.07, 6.45) is 2.88. The normalized spacial score (nSPS) is 10.1. The predicted octanol–water partition coefficient (Wildman–Crippen LogP) is 2.72. The summed E-state index contributed by atoms with van der Waals surface area (Å²) in [6.45, 7) is 0. The number of hydrazine groups is 1. The number of hydrogen-bond acceptors (Lipinski definition) is 7. The minimum Gasteiger partial charge on any atom is -0.393 e. The summed E-state index contributed by atoms with van der Waals surface area (Å²) in [5.74, 6) is 0.298. The second-order valence-corrected chi connectivity index (χ2v) is 5.83. The molecule has 2 heterocycles. The maximum atomic E-state index is 12.0. The van der Waals surface area contributed by atoms with Crippen LogP contribution in [0.2, 0.25) is 0 Å². The number of hydrogen-bond donors (Lipinski definition) is 4. The van der Waals surface area contributed by atoms with Gasteiger partial charge in [0.15, 0.2) is 11.6 Å². The summed E-state index contributed by atoms with van der Waals surface area (Å²) in [4.78, 5) is 24.1. The monoisotopic (exact) mass is 399 g/mol. The fourth-order valence-corrected chi connectivity index (χ4v) is 2.21. The second kappa shape index (κ2) is 7.58. The van der Waals surface area contributed by atoms with Crippen LogP contribution in [0.5, 0.6) is 0 Å². The summed E-state index contributed by atoms with van der Waals surface area (Å²) in [5.41, 5.74) is 12.6. The first-order chi connectivity index (χ1) is 12.1. The number of carbonyl (C=O) groups is 1. The first-order valence-electron chi connectivity index (χ1n) is 7.24. The minimum atomic E-state index is -0.402. The zero-order chi connectivity index (χ0) is 17.6. The zero-order valence-electron chi connectivity index (χ0n) is 12.9. The number of anilines is 4. The summed E-state index contributed by atoms with van der Waals surface area (Å²) in [7, 11) is 0. The van der Waals surface area contributed by atoms with Gasteiger partial charge in [0.1, 0.15) is 17.7 Å². The van der Waals surface area contributed by atoms with Crippen LogP contribution in [0.1, 0.15) is 10.5 Å². The van der Waals surface area contributed by atoms with Gasteiger partial charge in [0.2, 0.25) is 0 Å². The molecule has 0 atom stereocenters. The van der Waals surface area contributed by atoms with E-state index in [4.69, 9.17) is 5.73 Å². The third-order valence-electron chi connectivity index (χ3n) is 3.18. The Bertz CT molecular complexity index is 871. The molecular weight excluding hydrogens is 386 g/mol. The van der Waals surface area contributed by atoms with Crippen LogP contribution in [0, 0.1) is 0 Å². The molecule has 0 saturated carbocycles. The van der Waals surface area contributed by atoms with E-state index >= 15 is 0 Å². The lowest BCUT2D eigenvalue weighted by atomic mass is 10.3. The first-order valence-corrected chi connectivity index (χ1v) is 8.03. The van der Waals surface area contributed by atoms with Gasteiger partial charge in [-0.05, 0) is 36.4 Å². The van der Waals surface area contributed by atoms with Crippen LogP contribution in [0.4, 0.5) is 23.0 Å². The molecule has 126 valence electrons. The molecule has 25 heavy (non-hydrogen) atoms. The topological polar surface area (TPSA) is 118 Å². The molecule has 0 unspecified atom stereocenters. The summed E-state index contributed by atoms with van der Waals surface area (Å²) >= 11 is 3.38. The van der Waals surface area contributed by atoms with E-state index in [0.717, 1.165) is 10.2 Å². The number of halogens is 1. The van der Waals surface area contributed by atoms with Crippen molar-refractivity contribution in [2.24, 2.45) is 0 Å². The second-order valence-electron chi connectivity index (χ2n) is 4.91. The van der Waals surface area contributed by atoms with Crippen LogP contribution in [0.15, 0.2) is 59.5 Å². The number of nitrogens with two attached hydrogens (primary N) is 1. The molecule has 0 bridgehead atoms. The Morgan fingerprint density at radius 2 is 1.76 bits per heavy atom. The van der Waals surface area contributed by atoms with E-state index < -0.39 is 5.91 Å². The Morgan fingerprint density at radius 1 is 1.00 bits per heavy atom. The molecule has 8 nitrogen and oxygen atoms in total. The fraction of sp³-hybridized carbons (Fsp3) is 0. The lowest BCUT2D eigenvalue weighted by Gasteiger charge is -2.13. The summed E-state index contributed by atoms with van der Waals surface area (Å²) < 4.78 is 0.966. The molecule has 2 aromatic heterocycles. The van der Waals surface area contributed by atoms with Gasteiger partial charge < -0.3 is 11.1 Å². The standard InChI is InChI=1S/C16H14BrN7O/c17-10-4-6-11(7-5-10)22-14-13(18)15(21-9-20-14)23-24-16(25)12-3-1-2-8-19-12/h1-9H,18H2,(H,24,25)(H2,20,21,22,23). The van der Waals surface area contributed by atoms with Gasteiger partial charge in [-0.1, -0.05) is 22.0 Å².